The van der Waals surface area contributed by atoms with Gasteiger partial charge in [0.05, 0.1) is 16.4 Å². The zero-order valence-corrected chi connectivity index (χ0v) is 19.2. The Morgan fingerprint density at radius 3 is 2.88 bits per heavy atom. The molecule has 6 nitrogen and oxygen atoms in total. The van der Waals surface area contributed by atoms with Gasteiger partial charge >= 0.3 is 0 Å². The molecule has 0 aliphatic carbocycles. The number of hydrogen-bond acceptors (Lipinski definition) is 6. The molecule has 2 aromatic carbocycles. The van der Waals surface area contributed by atoms with Crippen molar-refractivity contribution in [2.24, 2.45) is 0 Å². The SMILES string of the molecule is CC(=O)c1ccc(-c2cc(Cl)c3c(c2)CC(CNC(=O)/C=C/c2nc4ccccc4o2)O3)s1. The van der Waals surface area contributed by atoms with E-state index >= 15 is 0 Å². The van der Waals surface area contributed by atoms with Crippen LogP contribution in [0.15, 0.2) is 59.0 Å². The molecule has 1 aliphatic rings. The topological polar surface area (TPSA) is 81.4 Å². The predicted molar refractivity (Wildman–Crippen MR) is 129 cm³/mol. The van der Waals surface area contributed by atoms with Gasteiger partial charge in [0.2, 0.25) is 11.8 Å². The highest BCUT2D eigenvalue weighted by atomic mass is 35.5. The fourth-order valence-electron chi connectivity index (χ4n) is 3.71. The van der Waals surface area contributed by atoms with Gasteiger partial charge in [0.15, 0.2) is 11.4 Å². The van der Waals surface area contributed by atoms with Crippen molar-refractivity contribution in [3.05, 3.63) is 76.0 Å². The van der Waals surface area contributed by atoms with Gasteiger partial charge in [0.25, 0.3) is 0 Å². The maximum Gasteiger partial charge on any atom is 0.244 e. The van der Waals surface area contributed by atoms with Crippen molar-refractivity contribution in [2.45, 2.75) is 19.4 Å². The van der Waals surface area contributed by atoms with Crippen LogP contribution in [0.4, 0.5) is 0 Å². The van der Waals surface area contributed by atoms with E-state index < -0.39 is 0 Å². The van der Waals surface area contributed by atoms with E-state index in [0.717, 1.165) is 21.5 Å². The fraction of sp³-hybridized carbons (Fsp3) is 0.160. The van der Waals surface area contributed by atoms with Gasteiger partial charge in [-0.05, 0) is 48.9 Å². The first-order valence-corrected chi connectivity index (χ1v) is 11.6. The molecule has 1 atom stereocenters. The molecule has 1 unspecified atom stereocenters. The van der Waals surface area contributed by atoms with Crippen LogP contribution in [0.2, 0.25) is 5.02 Å². The number of fused-ring (bicyclic) bond motifs is 2. The Balaban J connectivity index is 1.21. The van der Waals surface area contributed by atoms with Gasteiger partial charge in [-0.1, -0.05) is 23.7 Å². The number of para-hydroxylation sites is 2. The van der Waals surface area contributed by atoms with Crippen LogP contribution >= 0.6 is 22.9 Å². The molecule has 0 radical (unpaired) electrons. The molecule has 2 aromatic heterocycles. The van der Waals surface area contributed by atoms with Gasteiger partial charge in [-0.2, -0.15) is 0 Å². The number of carbonyl (C=O) groups excluding carboxylic acids is 2. The zero-order chi connectivity index (χ0) is 22.9. The number of oxazole rings is 1. The maximum absolute atomic E-state index is 12.2. The number of hydrogen-bond donors (Lipinski definition) is 1. The molecular formula is C25H19ClN2O4S. The molecule has 3 heterocycles. The average Bonchev–Trinajstić information content (AvgIpc) is 3.53. The lowest BCUT2D eigenvalue weighted by Crippen LogP contribution is -2.33. The van der Waals surface area contributed by atoms with Crippen LogP contribution in [0, 0.1) is 0 Å². The van der Waals surface area contributed by atoms with Crippen LogP contribution in [-0.4, -0.2) is 29.3 Å². The van der Waals surface area contributed by atoms with Gasteiger partial charge in [-0.25, -0.2) is 4.98 Å². The van der Waals surface area contributed by atoms with Gasteiger partial charge in [-0.3, -0.25) is 9.59 Å². The summed E-state index contributed by atoms with van der Waals surface area (Å²) in [6.07, 6.45) is 3.34. The minimum absolute atomic E-state index is 0.0443. The van der Waals surface area contributed by atoms with Crippen LogP contribution in [0.25, 0.3) is 27.6 Å². The fourth-order valence-corrected chi connectivity index (χ4v) is 4.88. The number of nitrogens with one attached hydrogen (secondary N) is 1. The number of benzene rings is 2. The van der Waals surface area contributed by atoms with Gasteiger partial charge in [0.1, 0.15) is 17.4 Å². The Kier molecular flexibility index (Phi) is 5.74. The van der Waals surface area contributed by atoms with Crippen molar-refractivity contribution in [2.75, 3.05) is 6.54 Å². The number of amides is 1. The summed E-state index contributed by atoms with van der Waals surface area (Å²) in [5, 5.41) is 3.36. The number of thiophene rings is 1. The Bertz CT molecular complexity index is 1370. The van der Waals surface area contributed by atoms with E-state index in [0.29, 0.717) is 40.1 Å². The third-order valence-corrected chi connectivity index (χ3v) is 6.80. The highest BCUT2D eigenvalue weighted by molar-refractivity contribution is 7.17. The Labute approximate surface area is 198 Å². The van der Waals surface area contributed by atoms with E-state index in [4.69, 9.17) is 20.8 Å². The highest BCUT2D eigenvalue weighted by Crippen LogP contribution is 2.41. The van der Waals surface area contributed by atoms with Crippen molar-refractivity contribution >= 4 is 51.8 Å². The Morgan fingerprint density at radius 1 is 1.24 bits per heavy atom. The molecule has 0 saturated carbocycles. The highest BCUT2D eigenvalue weighted by Gasteiger charge is 2.26. The number of Topliss-reactive ketones (excluding diaryl/α,β-unsaturated/α-hetero) is 1. The molecule has 166 valence electrons. The Morgan fingerprint density at radius 2 is 2.09 bits per heavy atom. The monoisotopic (exact) mass is 478 g/mol. The van der Waals surface area contributed by atoms with Crippen LogP contribution in [0.3, 0.4) is 0 Å². The number of ether oxygens (including phenoxy) is 1. The second kappa shape index (κ2) is 8.84. The lowest BCUT2D eigenvalue weighted by molar-refractivity contribution is -0.116. The van der Waals surface area contributed by atoms with Crippen LogP contribution in [-0.2, 0) is 11.2 Å². The summed E-state index contributed by atoms with van der Waals surface area (Å²) < 4.78 is 11.6. The summed E-state index contributed by atoms with van der Waals surface area (Å²) in [7, 11) is 0. The van der Waals surface area contributed by atoms with E-state index in [1.807, 2.05) is 48.5 Å². The lowest BCUT2D eigenvalue weighted by Gasteiger charge is -2.11. The van der Waals surface area contributed by atoms with E-state index in [-0.39, 0.29) is 17.8 Å². The van der Waals surface area contributed by atoms with Crippen molar-refractivity contribution in [1.29, 1.82) is 0 Å². The summed E-state index contributed by atoms with van der Waals surface area (Å²) in [5.74, 6) is 0.795. The van der Waals surface area contributed by atoms with Gasteiger partial charge < -0.3 is 14.5 Å². The normalized spacial score (nSPS) is 15.0. The minimum atomic E-state index is -0.265. The minimum Gasteiger partial charge on any atom is -0.486 e. The number of rotatable bonds is 6. The molecular weight excluding hydrogens is 460 g/mol. The summed E-state index contributed by atoms with van der Waals surface area (Å²) in [5.41, 5.74) is 3.35. The maximum atomic E-state index is 12.2. The molecule has 4 aromatic rings. The molecule has 1 aliphatic heterocycles. The third-order valence-electron chi connectivity index (χ3n) is 5.28. The van der Waals surface area contributed by atoms with E-state index in [9.17, 15) is 9.59 Å². The molecule has 1 N–H and O–H groups in total. The van der Waals surface area contributed by atoms with Crippen molar-refractivity contribution in [3.8, 4) is 16.2 Å². The van der Waals surface area contributed by atoms with Crippen molar-refractivity contribution < 1.29 is 18.7 Å². The molecule has 5 rings (SSSR count). The van der Waals surface area contributed by atoms with Crippen LogP contribution in [0.1, 0.15) is 28.0 Å². The average molecular weight is 479 g/mol. The van der Waals surface area contributed by atoms with Crippen LogP contribution in [0.5, 0.6) is 5.75 Å². The van der Waals surface area contributed by atoms with E-state index in [2.05, 4.69) is 10.3 Å². The third kappa shape index (κ3) is 4.55. The first-order valence-electron chi connectivity index (χ1n) is 10.4. The number of carbonyl (C=O) groups is 2. The van der Waals surface area contributed by atoms with E-state index in [1.165, 1.54) is 17.4 Å². The van der Waals surface area contributed by atoms with Gasteiger partial charge in [0, 0.05) is 29.0 Å². The summed E-state index contributed by atoms with van der Waals surface area (Å²) in [6, 6.07) is 15.1. The Hall–Kier alpha value is -3.42. The van der Waals surface area contributed by atoms with Crippen molar-refractivity contribution in [1.82, 2.24) is 10.3 Å². The summed E-state index contributed by atoms with van der Waals surface area (Å²) in [4.78, 5) is 29.9. The lowest BCUT2D eigenvalue weighted by atomic mass is 10.1. The largest absolute Gasteiger partial charge is 0.486 e. The predicted octanol–water partition coefficient (Wildman–Crippen LogP) is 5.55. The molecule has 0 saturated heterocycles. The van der Waals surface area contributed by atoms with Gasteiger partial charge in [-0.15, -0.1) is 11.3 Å². The summed E-state index contributed by atoms with van der Waals surface area (Å²) in [6.45, 7) is 1.89. The molecule has 0 fully saturated rings. The quantitative estimate of drug-likeness (QED) is 0.290. The molecule has 1 amide bonds. The number of nitrogens with zero attached hydrogens (tertiary/aromatic N) is 1. The standard InChI is InChI=1S/C25H19ClN2O4S/c1-14(29)21-6-7-22(33-21)15-10-16-11-17(31-25(16)18(26)12-15)13-27-23(30)8-9-24-28-19-4-2-3-5-20(19)32-24/h2-10,12,17H,11,13H2,1H3,(H,27,30)/b9-8+. The smallest absolute Gasteiger partial charge is 0.244 e. The van der Waals surface area contributed by atoms with Crippen LogP contribution < -0.4 is 10.1 Å². The summed E-state index contributed by atoms with van der Waals surface area (Å²) >= 11 is 7.91. The second-order valence-corrected chi connectivity index (χ2v) is 9.20. The number of aromatic nitrogens is 1. The van der Waals surface area contributed by atoms with Crippen molar-refractivity contribution in [3.63, 3.8) is 0 Å². The molecule has 0 spiro atoms. The first-order chi connectivity index (χ1) is 16.0. The first kappa shape index (κ1) is 21.4. The van der Waals surface area contributed by atoms with E-state index in [1.54, 1.807) is 13.0 Å². The molecule has 8 heteroatoms. The number of ketones is 1. The molecule has 0 bridgehead atoms. The second-order valence-electron chi connectivity index (χ2n) is 7.71. The zero-order valence-electron chi connectivity index (χ0n) is 17.6. The molecule has 33 heavy (non-hydrogen) atoms. The number of halogens is 1.